The van der Waals surface area contributed by atoms with Crippen molar-refractivity contribution in [1.29, 1.82) is 0 Å². The lowest BCUT2D eigenvalue weighted by Gasteiger charge is -2.14. The molecule has 0 saturated carbocycles. The van der Waals surface area contributed by atoms with Crippen LogP contribution < -0.4 is 10.5 Å². The number of rotatable bonds is 4. The van der Waals surface area contributed by atoms with Gasteiger partial charge in [0.15, 0.2) is 5.56 Å². The van der Waals surface area contributed by atoms with Crippen LogP contribution >= 0.6 is 0 Å². The average Bonchev–Trinajstić information content (AvgIpc) is 2.49. The van der Waals surface area contributed by atoms with Gasteiger partial charge in [-0.05, 0) is 24.6 Å². The van der Waals surface area contributed by atoms with Crippen molar-refractivity contribution in [3.05, 3.63) is 51.8 Å². The second-order valence-corrected chi connectivity index (χ2v) is 5.21. The molecule has 0 radical (unpaired) electrons. The highest BCUT2D eigenvalue weighted by atomic mass is 16.4. The van der Waals surface area contributed by atoms with Crippen LogP contribution in [0.1, 0.15) is 22.8 Å². The highest BCUT2D eigenvalue weighted by molar-refractivity contribution is 5.93. The molecule has 6 nitrogen and oxygen atoms in total. The summed E-state index contributed by atoms with van der Waals surface area (Å²) < 4.78 is 0. The predicted octanol–water partition coefficient (Wildman–Crippen LogP) is 2.54. The van der Waals surface area contributed by atoms with E-state index in [0.717, 1.165) is 5.69 Å². The standard InChI is InChI=1S/C17H18N2O4/c1-4-5-12-14(10-6-8-11(9-7-10)19(2)3)18-16(21)13(15(12)20)17(22)23/h4-9H,1-3H3,(H,22,23)(H2,18,20,21)/b5-4+. The number of nitrogens with zero attached hydrogens (tertiary/aromatic N) is 1. The number of nitrogens with one attached hydrogen (secondary N) is 1. The van der Waals surface area contributed by atoms with Crippen LogP contribution in [0.3, 0.4) is 0 Å². The Hall–Kier alpha value is -3.02. The molecule has 0 aliphatic carbocycles. The minimum Gasteiger partial charge on any atom is -0.506 e. The second-order valence-electron chi connectivity index (χ2n) is 5.21. The molecule has 1 aromatic heterocycles. The summed E-state index contributed by atoms with van der Waals surface area (Å²) in [5.74, 6) is -2.00. The Morgan fingerprint density at radius 3 is 2.30 bits per heavy atom. The van der Waals surface area contributed by atoms with Crippen molar-refractivity contribution in [3.8, 4) is 17.0 Å². The number of aromatic nitrogens is 1. The van der Waals surface area contributed by atoms with Crippen molar-refractivity contribution >= 4 is 17.7 Å². The molecular formula is C17H18N2O4. The lowest BCUT2D eigenvalue weighted by molar-refractivity contribution is 0.0691. The molecule has 0 spiro atoms. The molecule has 0 aliphatic heterocycles. The van der Waals surface area contributed by atoms with E-state index >= 15 is 0 Å². The first-order valence-electron chi connectivity index (χ1n) is 6.99. The third-order valence-corrected chi connectivity index (χ3v) is 3.45. The van der Waals surface area contributed by atoms with Gasteiger partial charge in [-0.2, -0.15) is 0 Å². The van der Waals surface area contributed by atoms with Gasteiger partial charge in [-0.3, -0.25) is 4.79 Å². The van der Waals surface area contributed by atoms with Crippen LogP contribution in [-0.2, 0) is 0 Å². The normalized spacial score (nSPS) is 10.9. The zero-order valence-corrected chi connectivity index (χ0v) is 13.1. The highest BCUT2D eigenvalue weighted by Crippen LogP contribution is 2.31. The molecule has 0 aliphatic rings. The molecule has 0 unspecified atom stereocenters. The topological polar surface area (TPSA) is 93.6 Å². The lowest BCUT2D eigenvalue weighted by Crippen LogP contribution is -2.19. The van der Waals surface area contributed by atoms with Crippen molar-refractivity contribution in [2.45, 2.75) is 6.92 Å². The van der Waals surface area contributed by atoms with Crippen molar-refractivity contribution < 1.29 is 15.0 Å². The van der Waals surface area contributed by atoms with E-state index in [1.165, 1.54) is 0 Å². The predicted molar refractivity (Wildman–Crippen MR) is 90.2 cm³/mol. The maximum absolute atomic E-state index is 12.0. The van der Waals surface area contributed by atoms with Crippen LogP contribution in [0.4, 0.5) is 5.69 Å². The van der Waals surface area contributed by atoms with Crippen molar-refractivity contribution in [2.75, 3.05) is 19.0 Å². The van der Waals surface area contributed by atoms with Gasteiger partial charge in [0.05, 0.1) is 5.69 Å². The molecule has 0 bridgehead atoms. The summed E-state index contributed by atoms with van der Waals surface area (Å²) >= 11 is 0. The fraction of sp³-hybridized carbons (Fsp3) is 0.176. The van der Waals surface area contributed by atoms with E-state index in [1.807, 2.05) is 31.1 Å². The minimum atomic E-state index is -1.47. The second kappa shape index (κ2) is 6.39. The van der Waals surface area contributed by atoms with E-state index in [4.69, 9.17) is 5.11 Å². The summed E-state index contributed by atoms with van der Waals surface area (Å²) in [5, 5.41) is 19.3. The molecule has 0 saturated heterocycles. The number of aromatic amines is 1. The van der Waals surface area contributed by atoms with Gasteiger partial charge in [-0.1, -0.05) is 24.3 Å². The SMILES string of the molecule is C/C=C/c1c(-c2ccc(N(C)C)cc2)[nH]c(=O)c(C(=O)O)c1O. The largest absolute Gasteiger partial charge is 0.506 e. The van der Waals surface area contributed by atoms with Crippen molar-refractivity contribution in [1.82, 2.24) is 4.98 Å². The zero-order chi connectivity index (χ0) is 17.1. The van der Waals surface area contributed by atoms with E-state index in [0.29, 0.717) is 11.3 Å². The third kappa shape index (κ3) is 3.11. The molecule has 0 fully saturated rings. The first kappa shape index (κ1) is 16.4. The summed E-state index contributed by atoms with van der Waals surface area (Å²) in [4.78, 5) is 27.6. The summed E-state index contributed by atoms with van der Waals surface area (Å²) in [6, 6.07) is 7.34. The Kier molecular flexibility index (Phi) is 4.55. The minimum absolute atomic E-state index is 0.266. The molecule has 23 heavy (non-hydrogen) atoms. The first-order valence-corrected chi connectivity index (χ1v) is 6.99. The van der Waals surface area contributed by atoms with Gasteiger partial charge in [0, 0.05) is 25.3 Å². The fourth-order valence-corrected chi connectivity index (χ4v) is 2.29. The Bertz CT molecular complexity index is 818. The number of hydrogen-bond acceptors (Lipinski definition) is 4. The number of aromatic carboxylic acids is 1. The van der Waals surface area contributed by atoms with E-state index in [9.17, 15) is 14.7 Å². The Morgan fingerprint density at radius 2 is 1.83 bits per heavy atom. The van der Waals surface area contributed by atoms with Crippen LogP contribution in [0.15, 0.2) is 35.1 Å². The number of hydrogen-bond donors (Lipinski definition) is 3. The maximum Gasteiger partial charge on any atom is 0.345 e. The fourth-order valence-electron chi connectivity index (χ4n) is 2.29. The Morgan fingerprint density at radius 1 is 1.22 bits per heavy atom. The molecule has 3 N–H and O–H groups in total. The molecule has 120 valence electrons. The Labute approximate surface area is 133 Å². The van der Waals surface area contributed by atoms with Crippen molar-refractivity contribution in [3.63, 3.8) is 0 Å². The quantitative estimate of drug-likeness (QED) is 0.806. The van der Waals surface area contributed by atoms with Gasteiger partial charge >= 0.3 is 5.97 Å². The molecule has 2 rings (SSSR count). The summed E-state index contributed by atoms with van der Waals surface area (Å²) in [7, 11) is 3.82. The van der Waals surface area contributed by atoms with Gasteiger partial charge in [-0.25, -0.2) is 4.79 Å². The van der Waals surface area contributed by atoms with Crippen LogP contribution in [0.25, 0.3) is 17.3 Å². The maximum atomic E-state index is 12.0. The van der Waals surface area contributed by atoms with Crippen LogP contribution in [0, 0.1) is 0 Å². The number of anilines is 1. The monoisotopic (exact) mass is 314 g/mol. The lowest BCUT2D eigenvalue weighted by atomic mass is 10.0. The van der Waals surface area contributed by atoms with E-state index < -0.39 is 22.8 Å². The molecular weight excluding hydrogens is 296 g/mol. The van der Waals surface area contributed by atoms with Crippen LogP contribution in [0.2, 0.25) is 0 Å². The van der Waals surface area contributed by atoms with Gasteiger partial charge in [0.1, 0.15) is 5.75 Å². The first-order chi connectivity index (χ1) is 10.9. The number of carboxylic acids is 1. The van der Waals surface area contributed by atoms with Crippen molar-refractivity contribution in [2.24, 2.45) is 0 Å². The average molecular weight is 314 g/mol. The van der Waals surface area contributed by atoms with E-state index in [1.54, 1.807) is 31.2 Å². The number of pyridine rings is 1. The number of benzene rings is 1. The molecule has 1 heterocycles. The highest BCUT2D eigenvalue weighted by Gasteiger charge is 2.21. The number of carbonyl (C=O) groups is 1. The van der Waals surface area contributed by atoms with Gasteiger partial charge < -0.3 is 20.1 Å². The number of H-pyrrole nitrogens is 1. The van der Waals surface area contributed by atoms with Gasteiger partial charge in [-0.15, -0.1) is 0 Å². The van der Waals surface area contributed by atoms with Gasteiger partial charge in [0.2, 0.25) is 0 Å². The third-order valence-electron chi connectivity index (χ3n) is 3.45. The number of aromatic hydroxyl groups is 1. The van der Waals surface area contributed by atoms with E-state index in [2.05, 4.69) is 4.98 Å². The van der Waals surface area contributed by atoms with Crippen LogP contribution in [-0.4, -0.2) is 35.3 Å². The molecule has 1 aromatic carbocycles. The summed E-state index contributed by atoms with van der Waals surface area (Å²) in [5.41, 5.74) is 0.799. The Balaban J connectivity index is 2.71. The smallest absolute Gasteiger partial charge is 0.345 e. The number of allylic oxidation sites excluding steroid dienone is 1. The number of carboxylic acid groups (broad SMARTS) is 1. The molecule has 2 aromatic rings. The molecule has 6 heteroatoms. The van der Waals surface area contributed by atoms with Crippen LogP contribution in [0.5, 0.6) is 5.75 Å². The summed E-state index contributed by atoms with van der Waals surface area (Å²) in [6.07, 6.45) is 3.23. The molecule has 0 atom stereocenters. The van der Waals surface area contributed by atoms with E-state index in [-0.39, 0.29) is 5.56 Å². The molecule has 0 amide bonds. The zero-order valence-electron chi connectivity index (χ0n) is 13.1. The summed E-state index contributed by atoms with van der Waals surface area (Å²) in [6.45, 7) is 1.74. The van der Waals surface area contributed by atoms with Gasteiger partial charge in [0.25, 0.3) is 5.56 Å².